The Morgan fingerprint density at radius 1 is 1.28 bits per heavy atom. The van der Waals surface area contributed by atoms with Gasteiger partial charge in [-0.15, -0.1) is 6.58 Å². The third-order valence-electron chi connectivity index (χ3n) is 3.88. The van der Waals surface area contributed by atoms with Gasteiger partial charge >= 0.3 is 0 Å². The number of ether oxygens (including phenoxy) is 2. The molecule has 0 heterocycles. The molecule has 1 N–H and O–H groups in total. The summed E-state index contributed by atoms with van der Waals surface area (Å²) in [5, 5.41) is 11.8. The maximum atomic E-state index is 13.8. The van der Waals surface area contributed by atoms with Gasteiger partial charge in [-0.3, -0.25) is 4.79 Å². The number of methoxy groups -OCH3 is 1. The number of amides is 1. The maximum Gasteiger partial charge on any atom is 0.266 e. The van der Waals surface area contributed by atoms with Gasteiger partial charge in [-0.25, -0.2) is 4.39 Å². The number of benzene rings is 2. The fourth-order valence-corrected chi connectivity index (χ4v) is 2.60. The number of carbonyl (C=O) groups excluding carboxylic acids is 1. The Kier molecular flexibility index (Phi) is 7.75. The number of nitriles is 1. The summed E-state index contributed by atoms with van der Waals surface area (Å²) in [7, 11) is 1.50. The zero-order valence-electron chi connectivity index (χ0n) is 16.1. The van der Waals surface area contributed by atoms with Crippen LogP contribution in [0, 0.1) is 17.1 Å². The van der Waals surface area contributed by atoms with Crippen molar-refractivity contribution in [2.75, 3.05) is 19.0 Å². The molecule has 0 aromatic heterocycles. The van der Waals surface area contributed by atoms with Crippen molar-refractivity contribution >= 4 is 17.7 Å². The molecule has 1 amide bonds. The molecular weight excluding hydrogens is 371 g/mol. The van der Waals surface area contributed by atoms with Crippen LogP contribution in [0.15, 0.2) is 67.3 Å². The van der Waals surface area contributed by atoms with E-state index < -0.39 is 11.7 Å². The summed E-state index contributed by atoms with van der Waals surface area (Å²) in [6.07, 6.45) is 5.22. The molecule has 2 aromatic rings. The summed E-state index contributed by atoms with van der Waals surface area (Å²) in [6, 6.07) is 11.0. The fourth-order valence-electron chi connectivity index (χ4n) is 2.60. The van der Waals surface area contributed by atoms with E-state index in [2.05, 4.69) is 18.5 Å². The molecule has 0 bridgehead atoms. The van der Waals surface area contributed by atoms with E-state index in [4.69, 9.17) is 9.47 Å². The smallest absolute Gasteiger partial charge is 0.266 e. The number of rotatable bonds is 9. The summed E-state index contributed by atoms with van der Waals surface area (Å²) < 4.78 is 24.9. The number of hydrogen-bond donors (Lipinski definition) is 1. The number of hydrogen-bond acceptors (Lipinski definition) is 4. The number of carbonyl (C=O) groups is 1. The van der Waals surface area contributed by atoms with Crippen molar-refractivity contribution in [1.82, 2.24) is 0 Å². The molecule has 0 saturated heterocycles. The van der Waals surface area contributed by atoms with Gasteiger partial charge < -0.3 is 14.8 Å². The lowest BCUT2D eigenvalue weighted by Gasteiger charge is -2.15. The topological polar surface area (TPSA) is 71.3 Å². The standard InChI is InChI=1S/C23H21FN2O3/c1-4-8-17-12-16(14-21(28-3)22(17)29-11-5-2)13-18(15-25)23(27)26-20-10-7-6-9-19(20)24/h4-7,9-10,12-14H,1-2,8,11H2,3H3,(H,26,27)/b18-13-. The van der Waals surface area contributed by atoms with E-state index in [0.717, 1.165) is 5.56 Å². The molecule has 29 heavy (non-hydrogen) atoms. The first-order chi connectivity index (χ1) is 14.0. The summed E-state index contributed by atoms with van der Waals surface area (Å²) >= 11 is 0. The highest BCUT2D eigenvalue weighted by Gasteiger charge is 2.15. The number of anilines is 1. The van der Waals surface area contributed by atoms with Gasteiger partial charge in [-0.2, -0.15) is 5.26 Å². The Morgan fingerprint density at radius 3 is 2.66 bits per heavy atom. The zero-order chi connectivity index (χ0) is 21.2. The Morgan fingerprint density at radius 2 is 2.03 bits per heavy atom. The van der Waals surface area contributed by atoms with Gasteiger partial charge in [0.1, 0.15) is 24.1 Å². The van der Waals surface area contributed by atoms with Crippen LogP contribution in [0.1, 0.15) is 11.1 Å². The van der Waals surface area contributed by atoms with Crippen molar-refractivity contribution in [3.05, 3.63) is 84.2 Å². The fraction of sp³-hybridized carbons (Fsp3) is 0.130. The highest BCUT2D eigenvalue weighted by molar-refractivity contribution is 6.09. The number of nitrogens with zero attached hydrogens (tertiary/aromatic N) is 1. The molecule has 0 spiro atoms. The van der Waals surface area contributed by atoms with Gasteiger partial charge in [-0.05, 0) is 42.3 Å². The third-order valence-corrected chi connectivity index (χ3v) is 3.88. The number of halogens is 1. The largest absolute Gasteiger partial charge is 0.493 e. The molecule has 0 fully saturated rings. The van der Waals surface area contributed by atoms with E-state index in [1.54, 1.807) is 30.4 Å². The molecule has 148 valence electrons. The van der Waals surface area contributed by atoms with Crippen molar-refractivity contribution in [1.29, 1.82) is 5.26 Å². The average molecular weight is 392 g/mol. The van der Waals surface area contributed by atoms with Gasteiger partial charge in [0.25, 0.3) is 5.91 Å². The lowest BCUT2D eigenvalue weighted by Crippen LogP contribution is -2.14. The van der Waals surface area contributed by atoms with Crippen LogP contribution >= 0.6 is 0 Å². The van der Waals surface area contributed by atoms with E-state index >= 15 is 0 Å². The van der Waals surface area contributed by atoms with Crippen LogP contribution in [0.3, 0.4) is 0 Å². The van der Waals surface area contributed by atoms with E-state index in [0.29, 0.717) is 30.1 Å². The van der Waals surface area contributed by atoms with Gasteiger partial charge in [0.2, 0.25) is 0 Å². The normalized spacial score (nSPS) is 10.6. The maximum absolute atomic E-state index is 13.8. The molecule has 0 aliphatic carbocycles. The molecule has 0 saturated carbocycles. The van der Waals surface area contributed by atoms with Gasteiger partial charge in [0.15, 0.2) is 11.5 Å². The van der Waals surface area contributed by atoms with Crippen molar-refractivity contribution in [2.24, 2.45) is 0 Å². The van der Waals surface area contributed by atoms with Crippen LogP contribution < -0.4 is 14.8 Å². The van der Waals surface area contributed by atoms with Gasteiger partial charge in [-0.1, -0.05) is 30.9 Å². The second-order valence-electron chi connectivity index (χ2n) is 5.91. The number of para-hydroxylation sites is 1. The minimum Gasteiger partial charge on any atom is -0.493 e. The molecular formula is C23H21FN2O3. The summed E-state index contributed by atoms with van der Waals surface area (Å²) in [5.41, 5.74) is 1.15. The molecule has 2 rings (SSSR count). The molecule has 0 aliphatic heterocycles. The second-order valence-corrected chi connectivity index (χ2v) is 5.91. The second kappa shape index (κ2) is 10.5. The number of nitrogens with one attached hydrogen (secondary N) is 1. The van der Waals surface area contributed by atoms with Crippen LogP contribution in [0.2, 0.25) is 0 Å². The predicted molar refractivity (Wildman–Crippen MR) is 111 cm³/mol. The molecule has 0 unspecified atom stereocenters. The molecule has 6 heteroatoms. The van der Waals surface area contributed by atoms with E-state index in [1.807, 2.05) is 6.07 Å². The van der Waals surface area contributed by atoms with Crippen molar-refractivity contribution in [2.45, 2.75) is 6.42 Å². The molecule has 0 atom stereocenters. The minimum absolute atomic E-state index is 0.00301. The van der Waals surface area contributed by atoms with Gasteiger partial charge in [0, 0.05) is 5.56 Å². The minimum atomic E-state index is -0.714. The lowest BCUT2D eigenvalue weighted by atomic mass is 10.0. The van der Waals surface area contributed by atoms with E-state index in [1.165, 1.54) is 31.4 Å². The molecule has 5 nitrogen and oxygen atoms in total. The highest BCUT2D eigenvalue weighted by atomic mass is 19.1. The SMILES string of the molecule is C=CCOc1c(CC=C)cc(/C=C(/C#N)C(=O)Nc2ccccc2F)cc1OC. The van der Waals surface area contributed by atoms with Crippen LogP contribution in [-0.4, -0.2) is 19.6 Å². The monoisotopic (exact) mass is 392 g/mol. The first-order valence-corrected chi connectivity index (χ1v) is 8.77. The summed E-state index contributed by atoms with van der Waals surface area (Å²) in [5.74, 6) is -0.311. The quantitative estimate of drug-likeness (QED) is 0.382. The Hall–Kier alpha value is -3.85. The van der Waals surface area contributed by atoms with Crippen molar-refractivity contribution in [3.63, 3.8) is 0 Å². The molecule has 2 aromatic carbocycles. The average Bonchev–Trinajstić information content (AvgIpc) is 2.72. The van der Waals surface area contributed by atoms with Gasteiger partial charge in [0.05, 0.1) is 12.8 Å². The third kappa shape index (κ3) is 5.56. The van der Waals surface area contributed by atoms with Crippen LogP contribution in [0.4, 0.5) is 10.1 Å². The Labute approximate surface area is 169 Å². The number of allylic oxidation sites excluding steroid dienone is 1. The van der Waals surface area contributed by atoms with E-state index in [9.17, 15) is 14.4 Å². The first kappa shape index (κ1) is 21.5. The lowest BCUT2D eigenvalue weighted by molar-refractivity contribution is -0.112. The summed E-state index contributed by atoms with van der Waals surface area (Å²) in [4.78, 5) is 12.4. The van der Waals surface area contributed by atoms with Crippen LogP contribution in [0.5, 0.6) is 11.5 Å². The van der Waals surface area contributed by atoms with Crippen LogP contribution in [-0.2, 0) is 11.2 Å². The molecule has 0 aliphatic rings. The van der Waals surface area contributed by atoms with Crippen molar-refractivity contribution < 1.29 is 18.7 Å². The summed E-state index contributed by atoms with van der Waals surface area (Å²) in [6.45, 7) is 7.67. The Bertz CT molecular complexity index is 990. The predicted octanol–water partition coefficient (Wildman–Crippen LogP) is 4.67. The van der Waals surface area contributed by atoms with Crippen molar-refractivity contribution in [3.8, 4) is 17.6 Å². The first-order valence-electron chi connectivity index (χ1n) is 8.77. The zero-order valence-corrected chi connectivity index (χ0v) is 16.1. The van der Waals surface area contributed by atoms with E-state index in [-0.39, 0.29) is 11.3 Å². The Balaban J connectivity index is 2.41. The van der Waals surface area contributed by atoms with Crippen LogP contribution in [0.25, 0.3) is 6.08 Å². The highest BCUT2D eigenvalue weighted by Crippen LogP contribution is 2.34. The molecule has 0 radical (unpaired) electrons.